The van der Waals surface area contributed by atoms with Crippen LogP contribution in [0.2, 0.25) is 0 Å². The molecule has 0 aliphatic carbocycles. The van der Waals surface area contributed by atoms with Gasteiger partial charge < -0.3 is 25.0 Å². The van der Waals surface area contributed by atoms with Crippen LogP contribution >= 0.6 is 0 Å². The molecule has 10 nitrogen and oxygen atoms in total. The van der Waals surface area contributed by atoms with Crippen molar-refractivity contribution in [3.63, 3.8) is 0 Å². The number of nitrogens with one attached hydrogen (secondary N) is 1. The summed E-state index contributed by atoms with van der Waals surface area (Å²) < 4.78 is 5.48. The van der Waals surface area contributed by atoms with Gasteiger partial charge in [0.25, 0.3) is 17.7 Å². The molecule has 0 unspecified atom stereocenters. The third-order valence-electron chi connectivity index (χ3n) is 9.15. The number of likely N-dealkylation sites (N-methyl/N-ethyl adjacent to an activating group) is 1. The molecule has 5 rings (SSSR count). The number of aryl methyl sites for hydroxylation is 1. The summed E-state index contributed by atoms with van der Waals surface area (Å²) in [4.78, 5) is 68.0. The van der Waals surface area contributed by atoms with Crippen molar-refractivity contribution in [2.45, 2.75) is 45.1 Å². The number of carboxylic acids is 1. The van der Waals surface area contributed by atoms with Crippen molar-refractivity contribution in [2.24, 2.45) is 0 Å². The van der Waals surface area contributed by atoms with Crippen LogP contribution in [0.1, 0.15) is 74.1 Å². The van der Waals surface area contributed by atoms with Gasteiger partial charge >= 0.3 is 11.9 Å². The average Bonchev–Trinajstić information content (AvgIpc) is 3.29. The van der Waals surface area contributed by atoms with Crippen LogP contribution in [0.25, 0.3) is 11.1 Å². The number of carboxylic acid groups (broad SMARTS) is 1. The number of nitrogens with zero attached hydrogens (tertiary/aromatic N) is 2. The first-order chi connectivity index (χ1) is 23.6. The zero-order valence-electron chi connectivity index (χ0n) is 29.3. The number of carbonyl (C=O) groups excluding carboxylic acids is 4. The highest BCUT2D eigenvalue weighted by molar-refractivity contribution is 6.12. The molecule has 1 atom stereocenters. The molecule has 0 radical (unpaired) electrons. The molecule has 258 valence electrons. The zero-order valence-corrected chi connectivity index (χ0v) is 29.3. The Labute approximate surface area is 291 Å². The van der Waals surface area contributed by atoms with Crippen LogP contribution in [0.4, 0.5) is 5.69 Å². The van der Waals surface area contributed by atoms with Crippen molar-refractivity contribution >= 4 is 35.3 Å². The Bertz CT molecular complexity index is 2010. The van der Waals surface area contributed by atoms with Crippen LogP contribution in [-0.2, 0) is 31.7 Å². The summed E-state index contributed by atoms with van der Waals surface area (Å²) in [6, 6.07) is 24.6. The summed E-state index contributed by atoms with van der Waals surface area (Å²) in [5, 5.41) is 13.1. The van der Waals surface area contributed by atoms with E-state index in [1.807, 2.05) is 31.2 Å². The van der Waals surface area contributed by atoms with E-state index < -0.39 is 41.8 Å². The van der Waals surface area contributed by atoms with E-state index in [9.17, 15) is 29.1 Å². The van der Waals surface area contributed by atoms with E-state index in [1.165, 1.54) is 35.7 Å². The lowest BCUT2D eigenvalue weighted by Gasteiger charge is -2.32. The van der Waals surface area contributed by atoms with Gasteiger partial charge in [-0.15, -0.1) is 0 Å². The van der Waals surface area contributed by atoms with Gasteiger partial charge in [-0.25, -0.2) is 4.79 Å². The quantitative estimate of drug-likeness (QED) is 0.206. The van der Waals surface area contributed by atoms with E-state index in [0.717, 1.165) is 21.6 Å². The smallest absolute Gasteiger partial charge is 0.338 e. The third kappa shape index (κ3) is 6.61. The van der Waals surface area contributed by atoms with Crippen LogP contribution in [-0.4, -0.2) is 72.3 Å². The van der Waals surface area contributed by atoms with Gasteiger partial charge in [0.1, 0.15) is 6.61 Å². The monoisotopic (exact) mass is 675 g/mol. The lowest BCUT2D eigenvalue weighted by Crippen LogP contribution is -2.51. The fraction of sp³-hybridized carbons (Fsp3) is 0.275. The van der Waals surface area contributed by atoms with E-state index in [4.69, 9.17) is 4.74 Å². The van der Waals surface area contributed by atoms with E-state index in [2.05, 4.69) is 38.2 Å². The topological polar surface area (TPSA) is 133 Å². The number of ether oxygens (including phenoxy) is 1. The Kier molecular flexibility index (Phi) is 9.68. The second kappa shape index (κ2) is 13.6. The summed E-state index contributed by atoms with van der Waals surface area (Å²) in [6.07, 6.45) is -0.288. The van der Waals surface area contributed by atoms with Gasteiger partial charge in [0, 0.05) is 37.8 Å². The number of anilines is 1. The van der Waals surface area contributed by atoms with E-state index in [0.29, 0.717) is 11.1 Å². The molecule has 0 fully saturated rings. The Morgan fingerprint density at radius 3 is 2.22 bits per heavy atom. The summed E-state index contributed by atoms with van der Waals surface area (Å²) >= 11 is 0. The van der Waals surface area contributed by atoms with Gasteiger partial charge in [0.05, 0.1) is 17.7 Å². The molecule has 50 heavy (non-hydrogen) atoms. The number of carbonyl (C=O) groups is 5. The first-order valence-corrected chi connectivity index (χ1v) is 16.2. The number of amides is 3. The van der Waals surface area contributed by atoms with Crippen LogP contribution in [0, 0.1) is 6.92 Å². The van der Waals surface area contributed by atoms with Crippen molar-refractivity contribution in [1.82, 2.24) is 9.80 Å². The number of fused-ring (bicyclic) bond motifs is 1. The fourth-order valence-electron chi connectivity index (χ4n) is 6.26. The zero-order chi connectivity index (χ0) is 36.5. The van der Waals surface area contributed by atoms with Crippen molar-refractivity contribution in [3.05, 3.63) is 124 Å². The van der Waals surface area contributed by atoms with Gasteiger partial charge in [-0.2, -0.15) is 0 Å². The first-order valence-electron chi connectivity index (χ1n) is 16.2. The van der Waals surface area contributed by atoms with Crippen LogP contribution in [0.5, 0.6) is 0 Å². The summed E-state index contributed by atoms with van der Waals surface area (Å²) in [5.41, 5.74) is 3.59. The number of aliphatic carboxylic acids is 1. The fourth-order valence-corrected chi connectivity index (χ4v) is 6.26. The second-order valence-electron chi connectivity index (χ2n) is 13.8. The van der Waals surface area contributed by atoms with E-state index in [-0.39, 0.29) is 34.2 Å². The number of benzene rings is 4. The Hall–Kier alpha value is -5.77. The molecule has 1 aliphatic rings. The molecule has 2 N–H and O–H groups in total. The molecule has 1 heterocycles. The predicted octanol–water partition coefficient (Wildman–Crippen LogP) is 6.07. The maximum Gasteiger partial charge on any atom is 0.338 e. The molecule has 4 aromatic carbocycles. The molecule has 3 amide bonds. The van der Waals surface area contributed by atoms with Gasteiger partial charge in [-0.1, -0.05) is 81.4 Å². The Balaban J connectivity index is 1.39. The molecule has 0 spiro atoms. The maximum absolute atomic E-state index is 13.8. The van der Waals surface area contributed by atoms with Crippen molar-refractivity contribution in [3.8, 4) is 11.1 Å². The highest BCUT2D eigenvalue weighted by Crippen LogP contribution is 2.39. The summed E-state index contributed by atoms with van der Waals surface area (Å²) in [6.45, 7) is 7.76. The standard InChI is InChI=1S/C40H41N3O7/c1-24-11-10-13-29(34(24)26-16-18-27(19-17-26)39(2,3)4)35(45)41-32-20-15-25(21-30(32)36(46)42(5)6)22-33(44)50-23-40(38(48)49)31-14-9-8-12-28(31)37(47)43(40)7/h8-21H,22-23H2,1-7H3,(H,41,45)(H,48,49)/t40-/m0/s1. The number of hydrogen-bond acceptors (Lipinski definition) is 6. The number of esters is 1. The van der Waals surface area contributed by atoms with Crippen molar-refractivity contribution < 1.29 is 33.8 Å². The SMILES string of the molecule is Cc1cccc(C(=O)Nc2ccc(CC(=O)OC[C@@]3(C(=O)O)c4ccccc4C(=O)N3C)cc2C(=O)N(C)C)c1-c1ccc(C(C)(C)C)cc1. The highest BCUT2D eigenvalue weighted by atomic mass is 16.5. The highest BCUT2D eigenvalue weighted by Gasteiger charge is 2.54. The molecule has 1 aliphatic heterocycles. The summed E-state index contributed by atoms with van der Waals surface area (Å²) in [7, 11) is 4.52. The maximum atomic E-state index is 13.8. The van der Waals surface area contributed by atoms with Crippen LogP contribution in [0.3, 0.4) is 0 Å². The van der Waals surface area contributed by atoms with Gasteiger partial charge in [0.15, 0.2) is 0 Å². The first kappa shape index (κ1) is 35.5. The van der Waals surface area contributed by atoms with Crippen LogP contribution < -0.4 is 5.32 Å². The number of hydrogen-bond donors (Lipinski definition) is 2. The summed E-state index contributed by atoms with van der Waals surface area (Å²) in [5.74, 6) is -3.37. The van der Waals surface area contributed by atoms with Crippen molar-refractivity contribution in [2.75, 3.05) is 33.1 Å². The minimum absolute atomic E-state index is 0.0251. The molecular formula is C40H41N3O7. The molecule has 0 bridgehead atoms. The minimum atomic E-state index is -1.88. The minimum Gasteiger partial charge on any atom is -0.479 e. The molecule has 0 saturated carbocycles. The molecule has 10 heteroatoms. The third-order valence-corrected chi connectivity index (χ3v) is 9.15. The average molecular weight is 676 g/mol. The largest absolute Gasteiger partial charge is 0.479 e. The van der Waals surface area contributed by atoms with Gasteiger partial charge in [0.2, 0.25) is 5.54 Å². The van der Waals surface area contributed by atoms with Crippen molar-refractivity contribution in [1.29, 1.82) is 0 Å². The molecular weight excluding hydrogens is 634 g/mol. The van der Waals surface area contributed by atoms with E-state index >= 15 is 0 Å². The molecule has 0 aromatic heterocycles. The van der Waals surface area contributed by atoms with Gasteiger partial charge in [-0.05, 0) is 64.4 Å². The lowest BCUT2D eigenvalue weighted by molar-refractivity contribution is -0.159. The molecule has 4 aromatic rings. The lowest BCUT2D eigenvalue weighted by atomic mass is 9.85. The van der Waals surface area contributed by atoms with Crippen LogP contribution in [0.15, 0.2) is 84.9 Å². The number of rotatable bonds is 9. The predicted molar refractivity (Wildman–Crippen MR) is 190 cm³/mol. The second-order valence-corrected chi connectivity index (χ2v) is 13.8. The van der Waals surface area contributed by atoms with E-state index in [1.54, 1.807) is 44.4 Å². The normalized spacial score (nSPS) is 15.3. The van der Waals surface area contributed by atoms with Gasteiger partial charge in [-0.3, -0.25) is 19.2 Å². The Morgan fingerprint density at radius 1 is 0.900 bits per heavy atom. The Morgan fingerprint density at radius 2 is 1.58 bits per heavy atom. The molecule has 0 saturated heterocycles.